The molecule has 0 saturated carbocycles. The van der Waals surface area contributed by atoms with Crippen LogP contribution in [0.25, 0.3) is 11.3 Å². The van der Waals surface area contributed by atoms with Gasteiger partial charge in [-0.05, 0) is 56.0 Å². The van der Waals surface area contributed by atoms with E-state index in [-0.39, 0.29) is 0 Å². The van der Waals surface area contributed by atoms with Crippen LogP contribution in [0.2, 0.25) is 0 Å². The number of nitrogens with one attached hydrogen (secondary N) is 1. The minimum atomic E-state index is 0.670. The summed E-state index contributed by atoms with van der Waals surface area (Å²) in [4.78, 5) is 2.48. The first-order valence-corrected chi connectivity index (χ1v) is 9.98. The van der Waals surface area contributed by atoms with Crippen LogP contribution in [-0.2, 0) is 0 Å². The Bertz CT molecular complexity index is 818. The number of rotatable bonds is 8. The minimum absolute atomic E-state index is 0.670. The first-order chi connectivity index (χ1) is 13.7. The van der Waals surface area contributed by atoms with Crippen molar-refractivity contribution in [2.24, 2.45) is 5.92 Å². The molecule has 28 heavy (non-hydrogen) atoms. The molecule has 146 valence electrons. The fourth-order valence-corrected chi connectivity index (χ4v) is 3.54. The maximum Gasteiger partial charge on any atom is 0.151 e. The lowest BCUT2D eigenvalue weighted by Crippen LogP contribution is -2.36. The third-order valence-electron chi connectivity index (χ3n) is 5.21. The predicted molar refractivity (Wildman–Crippen MR) is 118 cm³/mol. The lowest BCUT2D eigenvalue weighted by molar-refractivity contribution is 0.204. The maximum atomic E-state index is 4.42. The normalized spacial score (nSPS) is 15.6. The Morgan fingerprint density at radius 3 is 2.64 bits per heavy atom. The number of allylic oxidation sites excluding steroid dienone is 2. The van der Waals surface area contributed by atoms with Gasteiger partial charge in [0, 0.05) is 18.7 Å². The molecule has 1 aromatic carbocycles. The van der Waals surface area contributed by atoms with E-state index in [4.69, 9.17) is 0 Å². The van der Waals surface area contributed by atoms with E-state index in [2.05, 4.69) is 58.7 Å². The van der Waals surface area contributed by atoms with E-state index >= 15 is 0 Å². The van der Waals surface area contributed by atoms with Gasteiger partial charge in [0.15, 0.2) is 5.82 Å². The molecule has 0 bridgehead atoms. The molecule has 1 aliphatic rings. The van der Waals surface area contributed by atoms with E-state index in [1.807, 2.05) is 30.4 Å². The predicted octanol–water partition coefficient (Wildman–Crippen LogP) is 4.87. The Morgan fingerprint density at radius 1 is 1.21 bits per heavy atom. The Labute approximate surface area is 168 Å². The first-order valence-electron chi connectivity index (χ1n) is 9.98. The maximum absolute atomic E-state index is 4.42. The zero-order valence-electron chi connectivity index (χ0n) is 16.8. The van der Waals surface area contributed by atoms with Gasteiger partial charge in [-0.25, -0.2) is 0 Å². The van der Waals surface area contributed by atoms with Crippen LogP contribution in [0, 0.1) is 12.8 Å². The van der Waals surface area contributed by atoms with Crippen molar-refractivity contribution in [1.82, 2.24) is 15.1 Å². The van der Waals surface area contributed by atoms with Gasteiger partial charge in [0.2, 0.25) is 0 Å². The summed E-state index contributed by atoms with van der Waals surface area (Å²) in [7, 11) is 0. The molecule has 1 N–H and O–H groups in total. The van der Waals surface area contributed by atoms with E-state index in [9.17, 15) is 0 Å². The third-order valence-corrected chi connectivity index (χ3v) is 5.21. The summed E-state index contributed by atoms with van der Waals surface area (Å²) in [6.07, 6.45) is 8.17. The molecule has 4 nitrogen and oxygen atoms in total. The fourth-order valence-electron chi connectivity index (χ4n) is 3.54. The molecular weight excluding hydrogens is 344 g/mol. The summed E-state index contributed by atoms with van der Waals surface area (Å²) in [5.74, 6) is 1.56. The number of likely N-dealkylation sites (tertiary alicyclic amines) is 1. The fraction of sp³-hybridized carbons (Fsp3) is 0.333. The molecule has 1 fully saturated rings. The number of anilines is 1. The van der Waals surface area contributed by atoms with E-state index in [1.165, 1.54) is 12.8 Å². The van der Waals surface area contributed by atoms with Crippen LogP contribution < -0.4 is 5.32 Å². The number of hydrogen-bond donors (Lipinski definition) is 1. The van der Waals surface area contributed by atoms with Gasteiger partial charge in [0.1, 0.15) is 0 Å². The van der Waals surface area contributed by atoms with E-state index in [0.717, 1.165) is 54.4 Å². The number of aryl methyl sites for hydroxylation is 1. The Hall–Kier alpha value is -2.72. The molecule has 1 saturated heterocycles. The monoisotopic (exact) mass is 374 g/mol. The van der Waals surface area contributed by atoms with Crippen molar-refractivity contribution >= 4 is 5.82 Å². The van der Waals surface area contributed by atoms with Gasteiger partial charge in [-0.3, -0.25) is 4.90 Å². The van der Waals surface area contributed by atoms with Gasteiger partial charge in [-0.1, -0.05) is 61.7 Å². The molecule has 2 heterocycles. The topological polar surface area (TPSA) is 41.0 Å². The van der Waals surface area contributed by atoms with Crippen molar-refractivity contribution < 1.29 is 0 Å². The quantitative estimate of drug-likeness (QED) is 0.669. The number of hydrogen-bond acceptors (Lipinski definition) is 4. The number of aromatic nitrogens is 2. The molecule has 0 aliphatic carbocycles. The molecule has 3 rings (SSSR count). The molecule has 2 aromatic rings. The highest BCUT2D eigenvalue weighted by atomic mass is 15.2. The number of benzene rings is 1. The second kappa shape index (κ2) is 10.00. The molecule has 0 amide bonds. The summed E-state index contributed by atoms with van der Waals surface area (Å²) < 4.78 is 0. The lowest BCUT2D eigenvalue weighted by Gasteiger charge is -2.32. The van der Waals surface area contributed by atoms with Crippen LogP contribution in [0.1, 0.15) is 18.4 Å². The largest absolute Gasteiger partial charge is 0.368 e. The zero-order valence-corrected chi connectivity index (χ0v) is 16.8. The number of nitrogens with zero attached hydrogens (tertiary/aromatic N) is 3. The van der Waals surface area contributed by atoms with Crippen LogP contribution in [0.5, 0.6) is 0 Å². The van der Waals surface area contributed by atoms with Crippen molar-refractivity contribution in [2.45, 2.75) is 19.8 Å². The Morgan fingerprint density at radius 2 is 1.96 bits per heavy atom. The highest BCUT2D eigenvalue weighted by Crippen LogP contribution is 2.22. The molecule has 1 aliphatic heterocycles. The van der Waals surface area contributed by atoms with E-state index < -0.39 is 0 Å². The van der Waals surface area contributed by atoms with E-state index in [0.29, 0.717) is 5.92 Å². The summed E-state index contributed by atoms with van der Waals surface area (Å²) in [5.41, 5.74) is 4.29. The molecule has 1 aromatic heterocycles. The summed E-state index contributed by atoms with van der Waals surface area (Å²) in [5, 5.41) is 12.3. The summed E-state index contributed by atoms with van der Waals surface area (Å²) >= 11 is 0. The van der Waals surface area contributed by atoms with Gasteiger partial charge in [0.05, 0.1) is 5.69 Å². The van der Waals surface area contributed by atoms with Gasteiger partial charge in [0.25, 0.3) is 0 Å². The van der Waals surface area contributed by atoms with Crippen LogP contribution in [0.4, 0.5) is 5.82 Å². The Kier molecular flexibility index (Phi) is 7.15. The van der Waals surface area contributed by atoms with Crippen LogP contribution in [-0.4, -0.2) is 41.3 Å². The molecular formula is C24H30N4. The molecule has 0 radical (unpaired) electrons. The smallest absolute Gasteiger partial charge is 0.151 e. The molecule has 0 spiro atoms. The second-order valence-electron chi connectivity index (χ2n) is 7.48. The van der Waals surface area contributed by atoms with Gasteiger partial charge in [-0.15, -0.1) is 10.2 Å². The van der Waals surface area contributed by atoms with Gasteiger partial charge in [-0.2, -0.15) is 0 Å². The van der Waals surface area contributed by atoms with Crippen LogP contribution >= 0.6 is 0 Å². The highest BCUT2D eigenvalue weighted by Gasteiger charge is 2.19. The van der Waals surface area contributed by atoms with E-state index in [1.54, 1.807) is 6.08 Å². The van der Waals surface area contributed by atoms with Gasteiger partial charge < -0.3 is 5.32 Å². The zero-order chi connectivity index (χ0) is 19.8. The van der Waals surface area contributed by atoms with Crippen LogP contribution in [0.3, 0.4) is 0 Å². The minimum Gasteiger partial charge on any atom is -0.368 e. The summed E-state index contributed by atoms with van der Waals surface area (Å²) in [6.45, 7) is 14.0. The highest BCUT2D eigenvalue weighted by molar-refractivity contribution is 5.61. The lowest BCUT2D eigenvalue weighted by atomic mass is 9.96. The third kappa shape index (κ3) is 5.64. The van der Waals surface area contributed by atoms with Crippen molar-refractivity contribution in [3.63, 3.8) is 0 Å². The Balaban J connectivity index is 1.47. The van der Waals surface area contributed by atoms with Crippen molar-refractivity contribution in [2.75, 3.05) is 31.5 Å². The standard InChI is InChI=1S/C24H30N4/c1-4-5-9-19(2)18-28-14-12-21(13-15-28)17-25-24-20(3)16-23(26-27-24)22-10-7-6-8-11-22/h4-11,16,21H,1-2,12-15,17-18H2,3H3,(H,25,27)/b9-5-. The number of piperidine rings is 1. The first kappa shape index (κ1) is 20.0. The second-order valence-corrected chi connectivity index (χ2v) is 7.48. The van der Waals surface area contributed by atoms with Gasteiger partial charge >= 0.3 is 0 Å². The molecule has 4 heteroatoms. The average Bonchev–Trinajstić information content (AvgIpc) is 2.73. The molecule has 0 unspecified atom stereocenters. The SMILES string of the molecule is C=C/C=C\C(=C)CN1CCC(CNc2nnc(-c3ccccc3)cc2C)CC1. The van der Waals surface area contributed by atoms with Crippen molar-refractivity contribution in [3.8, 4) is 11.3 Å². The summed E-state index contributed by atoms with van der Waals surface area (Å²) in [6, 6.07) is 12.3. The van der Waals surface area contributed by atoms with Crippen molar-refractivity contribution in [1.29, 1.82) is 0 Å². The average molecular weight is 375 g/mol. The van der Waals surface area contributed by atoms with Crippen LogP contribution in [0.15, 0.2) is 73.4 Å². The molecule has 0 atom stereocenters. The van der Waals surface area contributed by atoms with Crippen molar-refractivity contribution in [3.05, 3.63) is 78.9 Å².